The average Bonchev–Trinajstić information content (AvgIpc) is 3.44. The molecule has 2 aliphatic rings. The maximum Gasteiger partial charge on any atom is 0.243 e. The third-order valence-corrected chi connectivity index (χ3v) is 10.9. The number of aromatic nitrogens is 1. The standard InChI is InChI=1S/C27H33ClN4O6S2/c1-36-20-3-5-21(6-4-20)40(34,35)31-11-9-19(10-12-31)26(33)32(14-13-30-15-17-38-18-16-30)27-29-24-23(37-2)8-7-22(28)25(24)39-27/h3-8,19H,9-18H2,1-2H3. The molecule has 2 fully saturated rings. The van der Waals surface area contributed by atoms with Crippen LogP contribution in [0.2, 0.25) is 5.02 Å². The summed E-state index contributed by atoms with van der Waals surface area (Å²) in [4.78, 5) is 23.0. The zero-order chi connectivity index (χ0) is 28.3. The molecule has 0 bridgehead atoms. The Morgan fingerprint density at radius 2 is 1.77 bits per heavy atom. The zero-order valence-electron chi connectivity index (χ0n) is 22.5. The zero-order valence-corrected chi connectivity index (χ0v) is 24.9. The van der Waals surface area contributed by atoms with Gasteiger partial charge in [0.25, 0.3) is 0 Å². The lowest BCUT2D eigenvalue weighted by molar-refractivity contribution is -0.123. The highest BCUT2D eigenvalue weighted by molar-refractivity contribution is 7.89. The van der Waals surface area contributed by atoms with Crippen LogP contribution < -0.4 is 14.4 Å². The molecule has 10 nitrogen and oxygen atoms in total. The van der Waals surface area contributed by atoms with E-state index >= 15 is 0 Å². The predicted molar refractivity (Wildman–Crippen MR) is 155 cm³/mol. The number of ether oxygens (including phenoxy) is 3. The highest BCUT2D eigenvalue weighted by Crippen LogP contribution is 2.39. The maximum absolute atomic E-state index is 14.0. The van der Waals surface area contributed by atoms with Gasteiger partial charge in [0.05, 0.1) is 42.1 Å². The summed E-state index contributed by atoms with van der Waals surface area (Å²) >= 11 is 7.84. The summed E-state index contributed by atoms with van der Waals surface area (Å²) in [7, 11) is -0.551. The van der Waals surface area contributed by atoms with E-state index in [2.05, 4.69) is 4.90 Å². The number of rotatable bonds is 9. The Morgan fingerprint density at radius 1 is 1.07 bits per heavy atom. The van der Waals surface area contributed by atoms with Crippen molar-refractivity contribution in [2.24, 2.45) is 5.92 Å². The number of carbonyl (C=O) groups is 1. The van der Waals surface area contributed by atoms with Crippen LogP contribution in [0.1, 0.15) is 12.8 Å². The number of hydrogen-bond donors (Lipinski definition) is 0. The number of sulfonamides is 1. The lowest BCUT2D eigenvalue weighted by Crippen LogP contribution is -2.47. The van der Waals surface area contributed by atoms with Crippen LogP contribution in [0, 0.1) is 5.92 Å². The maximum atomic E-state index is 14.0. The van der Waals surface area contributed by atoms with Gasteiger partial charge in [-0.05, 0) is 49.2 Å². The number of hydrogen-bond acceptors (Lipinski definition) is 9. The molecule has 0 atom stereocenters. The van der Waals surface area contributed by atoms with E-state index in [4.69, 9.17) is 30.8 Å². The number of benzene rings is 2. The number of fused-ring (bicyclic) bond motifs is 1. The Balaban J connectivity index is 1.34. The number of carbonyl (C=O) groups excluding carboxylic acids is 1. The lowest BCUT2D eigenvalue weighted by atomic mass is 9.96. The van der Waals surface area contributed by atoms with Gasteiger partial charge < -0.3 is 14.2 Å². The van der Waals surface area contributed by atoms with Crippen LogP contribution >= 0.6 is 22.9 Å². The first kappa shape index (κ1) is 29.0. The second kappa shape index (κ2) is 12.6. The van der Waals surface area contributed by atoms with Crippen molar-refractivity contribution in [1.82, 2.24) is 14.2 Å². The van der Waals surface area contributed by atoms with Gasteiger partial charge in [-0.3, -0.25) is 14.6 Å². The number of amides is 1. The molecule has 2 aromatic carbocycles. The molecule has 0 spiro atoms. The van der Waals surface area contributed by atoms with Gasteiger partial charge in [0.1, 0.15) is 17.0 Å². The second-order valence-electron chi connectivity index (χ2n) is 9.72. The van der Waals surface area contributed by atoms with E-state index in [1.807, 2.05) is 0 Å². The minimum atomic E-state index is -3.67. The molecule has 2 aliphatic heterocycles. The Morgan fingerprint density at radius 3 is 2.42 bits per heavy atom. The topological polar surface area (TPSA) is 102 Å². The van der Waals surface area contributed by atoms with E-state index < -0.39 is 10.0 Å². The Hall–Kier alpha value is -2.48. The Bertz CT molecular complexity index is 1440. The van der Waals surface area contributed by atoms with Crippen molar-refractivity contribution in [3.63, 3.8) is 0 Å². The third-order valence-electron chi connectivity index (χ3n) is 7.41. The molecule has 0 unspecified atom stereocenters. The van der Waals surface area contributed by atoms with Gasteiger partial charge in [0.15, 0.2) is 5.13 Å². The number of anilines is 1. The summed E-state index contributed by atoms with van der Waals surface area (Å²) in [5.41, 5.74) is 0.625. The highest BCUT2D eigenvalue weighted by atomic mass is 35.5. The fraction of sp³-hybridized carbons (Fsp3) is 0.481. The van der Waals surface area contributed by atoms with E-state index in [1.54, 1.807) is 48.4 Å². The Kier molecular flexibility index (Phi) is 9.13. The van der Waals surface area contributed by atoms with Gasteiger partial charge >= 0.3 is 0 Å². The van der Waals surface area contributed by atoms with Gasteiger partial charge in [-0.15, -0.1) is 0 Å². The molecular weight excluding hydrogens is 576 g/mol. The van der Waals surface area contributed by atoms with E-state index in [-0.39, 0.29) is 29.8 Å². The van der Waals surface area contributed by atoms with Crippen LogP contribution in [0.25, 0.3) is 10.2 Å². The molecule has 0 N–H and O–H groups in total. The summed E-state index contributed by atoms with van der Waals surface area (Å²) in [5.74, 6) is 0.814. The van der Waals surface area contributed by atoms with E-state index in [0.717, 1.165) is 17.8 Å². The van der Waals surface area contributed by atoms with Crippen molar-refractivity contribution in [3.8, 4) is 11.5 Å². The molecule has 3 heterocycles. The fourth-order valence-corrected chi connectivity index (χ4v) is 7.81. The van der Waals surface area contributed by atoms with Crippen molar-refractivity contribution in [2.45, 2.75) is 17.7 Å². The van der Waals surface area contributed by atoms with Crippen LogP contribution in [0.5, 0.6) is 11.5 Å². The van der Waals surface area contributed by atoms with E-state index in [1.165, 1.54) is 22.8 Å². The van der Waals surface area contributed by atoms with Gasteiger partial charge in [0, 0.05) is 45.2 Å². The summed E-state index contributed by atoms with van der Waals surface area (Å²) in [5, 5.41) is 1.12. The van der Waals surface area contributed by atoms with E-state index in [9.17, 15) is 13.2 Å². The molecule has 1 aromatic heterocycles. The number of piperidine rings is 1. The van der Waals surface area contributed by atoms with Crippen molar-refractivity contribution >= 4 is 54.2 Å². The number of morpholine rings is 1. The SMILES string of the molecule is COc1ccc(S(=O)(=O)N2CCC(C(=O)N(CCN3CCOCC3)c3nc4c(OC)ccc(Cl)c4s3)CC2)cc1. The summed E-state index contributed by atoms with van der Waals surface area (Å²) < 4.78 is 44.8. The van der Waals surface area contributed by atoms with Crippen LogP contribution in [-0.4, -0.2) is 95.2 Å². The summed E-state index contributed by atoms with van der Waals surface area (Å²) in [6.45, 7) is 4.63. The normalized spacial score (nSPS) is 17.7. The number of nitrogens with zero attached hydrogens (tertiary/aromatic N) is 4. The molecule has 5 rings (SSSR count). The van der Waals surface area contributed by atoms with Crippen LogP contribution in [0.3, 0.4) is 0 Å². The molecule has 0 radical (unpaired) electrons. The van der Waals surface area contributed by atoms with Crippen molar-refractivity contribution in [1.29, 1.82) is 0 Å². The first-order valence-electron chi connectivity index (χ1n) is 13.2. The minimum Gasteiger partial charge on any atom is -0.497 e. The molecule has 216 valence electrons. The van der Waals surface area contributed by atoms with Crippen molar-refractivity contribution in [3.05, 3.63) is 41.4 Å². The molecule has 2 saturated heterocycles. The smallest absolute Gasteiger partial charge is 0.243 e. The first-order valence-corrected chi connectivity index (χ1v) is 15.8. The van der Waals surface area contributed by atoms with E-state index in [0.29, 0.717) is 66.3 Å². The van der Waals surface area contributed by atoms with Crippen molar-refractivity contribution in [2.75, 3.05) is 71.6 Å². The Labute approximate surface area is 243 Å². The van der Waals surface area contributed by atoms with Crippen LogP contribution in [0.15, 0.2) is 41.3 Å². The van der Waals surface area contributed by atoms with Gasteiger partial charge in [0.2, 0.25) is 15.9 Å². The molecule has 13 heteroatoms. The quantitative estimate of drug-likeness (QED) is 0.362. The average molecular weight is 609 g/mol. The molecule has 0 aliphatic carbocycles. The first-order chi connectivity index (χ1) is 19.3. The number of thiazole rings is 1. The van der Waals surface area contributed by atoms with Crippen molar-refractivity contribution < 1.29 is 27.4 Å². The van der Waals surface area contributed by atoms with Crippen LogP contribution in [0.4, 0.5) is 5.13 Å². The van der Waals surface area contributed by atoms with Gasteiger partial charge in [-0.25, -0.2) is 13.4 Å². The monoisotopic (exact) mass is 608 g/mol. The number of halogens is 1. The largest absolute Gasteiger partial charge is 0.497 e. The second-order valence-corrected chi connectivity index (χ2v) is 13.0. The highest BCUT2D eigenvalue weighted by Gasteiger charge is 2.35. The fourth-order valence-electron chi connectivity index (χ4n) is 5.05. The molecular formula is C27H33ClN4O6S2. The molecule has 0 saturated carbocycles. The third kappa shape index (κ3) is 6.07. The number of methoxy groups -OCH3 is 2. The van der Waals surface area contributed by atoms with Crippen LogP contribution in [-0.2, 0) is 19.6 Å². The van der Waals surface area contributed by atoms with Gasteiger partial charge in [-0.2, -0.15) is 4.31 Å². The molecule has 3 aromatic rings. The molecule has 1 amide bonds. The lowest BCUT2D eigenvalue weighted by Gasteiger charge is -2.34. The minimum absolute atomic E-state index is 0.0519. The summed E-state index contributed by atoms with van der Waals surface area (Å²) in [6, 6.07) is 9.90. The predicted octanol–water partition coefficient (Wildman–Crippen LogP) is 3.73. The summed E-state index contributed by atoms with van der Waals surface area (Å²) in [6.07, 6.45) is 0.856. The van der Waals surface area contributed by atoms with Gasteiger partial charge in [-0.1, -0.05) is 22.9 Å². The molecule has 40 heavy (non-hydrogen) atoms.